The third-order valence-corrected chi connectivity index (χ3v) is 21.6. The molecule has 0 N–H and O–H groups in total. The van der Waals surface area contributed by atoms with Gasteiger partial charge >= 0.3 is 0 Å². The second-order valence-corrected chi connectivity index (χ2v) is 29.2. The van der Waals surface area contributed by atoms with Crippen LogP contribution in [0.2, 0.25) is 0 Å². The summed E-state index contributed by atoms with van der Waals surface area (Å²) in [6.45, 7) is 22.1. The van der Waals surface area contributed by atoms with E-state index in [-0.39, 0.29) is 29.7 Å². The number of hydrogen-bond donors (Lipinski definition) is 0. The van der Waals surface area contributed by atoms with Crippen molar-refractivity contribution in [1.29, 1.82) is 0 Å². The molecular weight excluding hydrogens is 928 g/mol. The zero-order chi connectivity index (χ0) is 51.9. The Morgan fingerprint density at radius 2 is 0.701 bits per heavy atom. The Kier molecular flexibility index (Phi) is 9.24. The van der Waals surface area contributed by atoms with Crippen LogP contribution in [0.5, 0.6) is 0 Å². The summed E-state index contributed by atoms with van der Waals surface area (Å²) >= 11 is 0. The van der Waals surface area contributed by atoms with Crippen LogP contribution >= 0.6 is 0 Å². The molecule has 3 saturated carbocycles. The normalized spacial score (nSPS) is 18.5. The van der Waals surface area contributed by atoms with Crippen LogP contribution in [0.1, 0.15) is 210 Å². The second-order valence-electron chi connectivity index (χ2n) is 29.2. The minimum atomic E-state index is -0.0285. The zero-order valence-electron chi connectivity index (χ0n) is 47.5. The van der Waals surface area contributed by atoms with Crippen molar-refractivity contribution < 1.29 is 0 Å². The zero-order valence-corrected chi connectivity index (χ0v) is 47.5. The van der Waals surface area contributed by atoms with E-state index >= 15 is 0 Å². The average Bonchev–Trinajstić information content (AvgIpc) is 3.84. The molecule has 0 bridgehead atoms. The molecule has 17 rings (SSSR count). The van der Waals surface area contributed by atoms with E-state index in [2.05, 4.69) is 167 Å². The Labute approximate surface area is 457 Å². The number of fused-ring (bicyclic) bond motifs is 13. The average molecular weight is 1000 g/mol. The highest BCUT2D eigenvalue weighted by Crippen LogP contribution is 2.48. The lowest BCUT2D eigenvalue weighted by atomic mass is 9.29. The highest BCUT2D eigenvalue weighted by Gasteiger charge is 2.50. The Balaban J connectivity index is 1.09. The van der Waals surface area contributed by atoms with Crippen molar-refractivity contribution >= 4 is 112 Å². The van der Waals surface area contributed by atoms with E-state index in [1.165, 1.54) is 223 Å². The molecule has 7 heterocycles. The summed E-state index contributed by atoms with van der Waals surface area (Å²) in [5.41, 5.74) is 31.0. The van der Waals surface area contributed by atoms with Crippen molar-refractivity contribution in [3.63, 3.8) is 0 Å². The van der Waals surface area contributed by atoms with Crippen LogP contribution in [0.4, 0.5) is 0 Å². The van der Waals surface area contributed by atoms with Gasteiger partial charge in [-0.05, 0) is 193 Å². The van der Waals surface area contributed by atoms with Gasteiger partial charge in [0.2, 0.25) is 0 Å². The van der Waals surface area contributed by atoms with Gasteiger partial charge in [0.15, 0.2) is 0 Å². The van der Waals surface area contributed by atoms with Gasteiger partial charge in [0, 0.05) is 71.4 Å². The number of benzene rings is 7. The Bertz CT molecular complexity index is 4280. The molecule has 0 unspecified atom stereocenters. The molecule has 0 saturated heterocycles. The molecule has 10 aromatic rings. The molecule has 0 spiro atoms. The molecule has 0 radical (unpaired) electrons. The van der Waals surface area contributed by atoms with E-state index in [1.807, 2.05) is 0 Å². The standard InChI is InChI=1S/C72H75B2N3/c1-70(2,3)46-26-28-60-50(34-46)51-30-44(41-21-15-11-16-22-41)32-55-65(51)76(60)62-39-61-64-69-63(62)73(55)58-38-48(72(7,8)9)36-54-52-31-45(42-23-17-12-18-24-42)33-56(67(52)77(69)68(54)58)74(64)57-37-47(71(4,5)6)35-53-49-29-43(40-19-13-10-14-20-40)25-27-59(49)75(61)66(53)57/h25-42H,10-24H2,1-9H3. The van der Waals surface area contributed by atoms with Crippen molar-refractivity contribution in [2.45, 2.75) is 193 Å². The lowest BCUT2D eigenvalue weighted by molar-refractivity contribution is 0.444. The molecule has 3 aromatic heterocycles. The molecule has 3 fully saturated rings. The van der Waals surface area contributed by atoms with Gasteiger partial charge in [-0.1, -0.05) is 156 Å². The van der Waals surface area contributed by atoms with Crippen LogP contribution in [0.3, 0.4) is 0 Å². The van der Waals surface area contributed by atoms with E-state index in [0.29, 0.717) is 17.8 Å². The summed E-state index contributed by atoms with van der Waals surface area (Å²) in [5.74, 6) is 1.83. The van der Waals surface area contributed by atoms with Gasteiger partial charge in [0.1, 0.15) is 0 Å². The van der Waals surface area contributed by atoms with Crippen molar-refractivity contribution in [3.8, 4) is 17.1 Å². The van der Waals surface area contributed by atoms with Crippen molar-refractivity contribution in [2.75, 3.05) is 0 Å². The van der Waals surface area contributed by atoms with Gasteiger partial charge in [0.25, 0.3) is 13.4 Å². The van der Waals surface area contributed by atoms with Gasteiger partial charge in [-0.15, -0.1) is 0 Å². The molecule has 3 aliphatic carbocycles. The Morgan fingerprint density at radius 3 is 1.18 bits per heavy atom. The molecule has 7 aliphatic rings. The molecule has 7 aromatic carbocycles. The molecular formula is C72H75B2N3. The third-order valence-electron chi connectivity index (χ3n) is 21.6. The van der Waals surface area contributed by atoms with Gasteiger partial charge in [-0.2, -0.15) is 0 Å². The molecule has 0 atom stereocenters. The quantitative estimate of drug-likeness (QED) is 0.157. The minimum absolute atomic E-state index is 0.0237. The van der Waals surface area contributed by atoms with Crippen molar-refractivity contribution in [3.05, 3.63) is 124 Å². The van der Waals surface area contributed by atoms with E-state index in [9.17, 15) is 0 Å². The van der Waals surface area contributed by atoms with Crippen LogP contribution in [-0.4, -0.2) is 27.1 Å². The first-order chi connectivity index (χ1) is 37.1. The van der Waals surface area contributed by atoms with Crippen molar-refractivity contribution in [1.82, 2.24) is 13.7 Å². The molecule has 384 valence electrons. The minimum Gasteiger partial charge on any atom is -0.311 e. The van der Waals surface area contributed by atoms with Crippen LogP contribution in [-0.2, 0) is 16.2 Å². The van der Waals surface area contributed by atoms with Gasteiger partial charge < -0.3 is 13.7 Å². The molecule has 3 nitrogen and oxygen atoms in total. The van der Waals surface area contributed by atoms with Crippen LogP contribution < -0.4 is 32.8 Å². The maximum absolute atomic E-state index is 2.90. The summed E-state index contributed by atoms with van der Waals surface area (Å²) < 4.78 is 8.51. The summed E-state index contributed by atoms with van der Waals surface area (Å²) in [5, 5.41) is 8.72. The Hall–Kier alpha value is -5.93. The summed E-state index contributed by atoms with van der Waals surface area (Å²) in [7, 11) is 0. The fourth-order valence-electron chi connectivity index (χ4n) is 17.5. The van der Waals surface area contributed by atoms with Gasteiger partial charge in [-0.3, -0.25) is 0 Å². The molecule has 0 amide bonds. The van der Waals surface area contributed by atoms with Crippen LogP contribution in [0, 0.1) is 0 Å². The number of aromatic nitrogens is 3. The first kappa shape index (κ1) is 46.0. The predicted octanol–water partition coefficient (Wildman–Crippen LogP) is 15.3. The Morgan fingerprint density at radius 1 is 0.338 bits per heavy atom. The van der Waals surface area contributed by atoms with E-state index in [4.69, 9.17) is 0 Å². The van der Waals surface area contributed by atoms with E-state index in [1.54, 1.807) is 22.2 Å². The fourth-order valence-corrected chi connectivity index (χ4v) is 17.5. The largest absolute Gasteiger partial charge is 0.311 e. The molecule has 77 heavy (non-hydrogen) atoms. The number of hydrogen-bond acceptors (Lipinski definition) is 0. The van der Waals surface area contributed by atoms with Crippen molar-refractivity contribution in [2.24, 2.45) is 0 Å². The topological polar surface area (TPSA) is 14.8 Å². The first-order valence-corrected chi connectivity index (χ1v) is 30.7. The van der Waals surface area contributed by atoms with E-state index < -0.39 is 0 Å². The monoisotopic (exact) mass is 1000 g/mol. The SMILES string of the molecule is CC(C)(C)c1ccc2c(c1)c1cc(C3CCCCC3)cc3c1n2-c1cc2c4c5c1B3c1cc(C(C)(C)C)cc3c6cc(C7CCCCC7)cc(c6n-5c13)B4c1cc(C(C)(C)C)cc3c4cc(C5CCCCC5)ccc4n-2c13. The third kappa shape index (κ3) is 6.13. The van der Waals surface area contributed by atoms with Gasteiger partial charge in [0.05, 0.1) is 11.0 Å². The van der Waals surface area contributed by atoms with E-state index in [0.717, 1.165) is 0 Å². The maximum Gasteiger partial charge on any atom is 0.252 e. The molecule has 5 heteroatoms. The summed E-state index contributed by atoms with van der Waals surface area (Å²) in [4.78, 5) is 0. The summed E-state index contributed by atoms with van der Waals surface area (Å²) in [6.07, 6.45) is 19.9. The van der Waals surface area contributed by atoms with Gasteiger partial charge in [-0.25, -0.2) is 0 Å². The van der Waals surface area contributed by atoms with Crippen LogP contribution in [0.25, 0.3) is 82.5 Å². The number of nitrogens with zero attached hydrogens (tertiary/aromatic N) is 3. The highest BCUT2D eigenvalue weighted by molar-refractivity contribution is 7.04. The predicted molar refractivity (Wildman–Crippen MR) is 332 cm³/mol. The smallest absolute Gasteiger partial charge is 0.252 e. The first-order valence-electron chi connectivity index (χ1n) is 30.7. The van der Waals surface area contributed by atoms with Crippen LogP contribution in [0.15, 0.2) is 91.0 Å². The maximum atomic E-state index is 2.90. The lowest BCUT2D eigenvalue weighted by Gasteiger charge is -2.42. The summed E-state index contributed by atoms with van der Waals surface area (Å²) in [6, 6.07) is 39.8. The molecule has 4 aliphatic heterocycles. The fraction of sp³-hybridized carbons (Fsp3) is 0.417. The number of rotatable bonds is 3. The highest BCUT2D eigenvalue weighted by atomic mass is 15.1. The second kappa shape index (κ2) is 15.5. The lowest BCUT2D eigenvalue weighted by Crippen LogP contribution is -2.66.